The predicted molar refractivity (Wildman–Crippen MR) is 139 cm³/mol. The molecule has 3 aliphatic heterocycles. The van der Waals surface area contributed by atoms with Gasteiger partial charge in [0.15, 0.2) is 0 Å². The van der Waals surface area contributed by atoms with Gasteiger partial charge in [-0.3, -0.25) is 19.3 Å². The number of carbonyl (C=O) groups is 3. The van der Waals surface area contributed by atoms with Gasteiger partial charge in [-0.05, 0) is 37.4 Å². The number of hydrogen-bond donors (Lipinski definition) is 1. The first-order valence-electron chi connectivity index (χ1n) is 13.2. The highest BCUT2D eigenvalue weighted by Crippen LogP contribution is 2.37. The number of amides is 2. The van der Waals surface area contributed by atoms with Gasteiger partial charge in [-0.1, -0.05) is 60.7 Å². The second-order valence-electron chi connectivity index (χ2n) is 10.6. The summed E-state index contributed by atoms with van der Waals surface area (Å²) >= 11 is 0. The van der Waals surface area contributed by atoms with Crippen LogP contribution in [0, 0.1) is 0 Å². The Morgan fingerprint density at radius 3 is 2.30 bits per heavy atom. The number of rotatable bonds is 7. The molecule has 1 spiro atoms. The quantitative estimate of drug-likeness (QED) is 0.583. The molecule has 37 heavy (non-hydrogen) atoms. The number of likely N-dealkylation sites (tertiary alicyclic amines) is 2. The van der Waals surface area contributed by atoms with E-state index in [-0.39, 0.29) is 30.9 Å². The van der Waals surface area contributed by atoms with Crippen LogP contribution in [0.1, 0.15) is 36.8 Å². The molecular weight excluding hydrogens is 468 g/mol. The van der Waals surface area contributed by atoms with Crippen molar-refractivity contribution in [1.82, 2.24) is 20.0 Å². The molecule has 0 aliphatic carbocycles. The average molecular weight is 505 g/mol. The maximum Gasteiger partial charge on any atom is 0.308 e. The van der Waals surface area contributed by atoms with Crippen LogP contribution in [0.5, 0.6) is 0 Å². The molecule has 2 unspecified atom stereocenters. The topological polar surface area (TPSA) is 82.2 Å². The van der Waals surface area contributed by atoms with Crippen LogP contribution in [0.25, 0.3) is 0 Å². The standard InChI is InChI=1S/C29H36N4O4/c1-31-16-13-29(14-17-31)28(36)30-25(18-26(34)37-21-23-10-6-3-7-11-23)27(35)33(29)24-12-15-32(20-24)19-22-8-4-2-5-9-22/h2-11,24-25H,12-21H2,1H3,(H,30,36). The average Bonchev–Trinajstić information content (AvgIpc) is 3.36. The molecule has 2 amide bonds. The Bertz CT molecular complexity index is 1100. The summed E-state index contributed by atoms with van der Waals surface area (Å²) in [6.07, 6.45) is 1.85. The second-order valence-corrected chi connectivity index (χ2v) is 10.6. The molecular formula is C29H36N4O4. The number of ether oxygens (including phenoxy) is 1. The summed E-state index contributed by atoms with van der Waals surface area (Å²) < 4.78 is 5.43. The highest BCUT2D eigenvalue weighted by molar-refractivity contribution is 6.01. The molecule has 2 aromatic rings. The molecule has 0 saturated carbocycles. The number of benzene rings is 2. The van der Waals surface area contributed by atoms with Gasteiger partial charge in [0.2, 0.25) is 11.8 Å². The minimum absolute atomic E-state index is 0.0616. The van der Waals surface area contributed by atoms with Crippen LogP contribution in [-0.2, 0) is 32.3 Å². The third-order valence-corrected chi connectivity index (χ3v) is 8.01. The van der Waals surface area contributed by atoms with E-state index in [1.165, 1.54) is 5.56 Å². The maximum absolute atomic E-state index is 14.0. The Morgan fingerprint density at radius 2 is 1.62 bits per heavy atom. The van der Waals surface area contributed by atoms with Gasteiger partial charge in [-0.2, -0.15) is 0 Å². The Balaban J connectivity index is 1.30. The minimum Gasteiger partial charge on any atom is -0.461 e. The molecule has 1 N–H and O–H groups in total. The molecule has 3 heterocycles. The zero-order valence-corrected chi connectivity index (χ0v) is 21.5. The van der Waals surface area contributed by atoms with Crippen molar-refractivity contribution in [3.63, 3.8) is 0 Å². The summed E-state index contributed by atoms with van der Waals surface area (Å²) in [6.45, 7) is 4.05. The van der Waals surface area contributed by atoms with Crippen molar-refractivity contribution in [3.05, 3.63) is 71.8 Å². The zero-order valence-electron chi connectivity index (χ0n) is 21.5. The van der Waals surface area contributed by atoms with E-state index < -0.39 is 17.6 Å². The van der Waals surface area contributed by atoms with E-state index in [4.69, 9.17) is 4.74 Å². The summed E-state index contributed by atoms with van der Waals surface area (Å²) in [5, 5.41) is 2.91. The van der Waals surface area contributed by atoms with Crippen molar-refractivity contribution < 1.29 is 19.1 Å². The number of carbonyl (C=O) groups excluding carboxylic acids is 3. The molecule has 196 valence electrons. The summed E-state index contributed by atoms with van der Waals surface area (Å²) in [5.41, 5.74) is 1.26. The van der Waals surface area contributed by atoms with Gasteiger partial charge in [0.25, 0.3) is 0 Å². The van der Waals surface area contributed by atoms with E-state index in [0.717, 1.165) is 44.7 Å². The fourth-order valence-corrected chi connectivity index (χ4v) is 5.94. The minimum atomic E-state index is -0.899. The Labute approximate surface area is 218 Å². The summed E-state index contributed by atoms with van der Waals surface area (Å²) in [5.74, 6) is -0.783. The lowest BCUT2D eigenvalue weighted by atomic mass is 9.80. The van der Waals surface area contributed by atoms with Gasteiger partial charge in [-0.15, -0.1) is 0 Å². The summed E-state index contributed by atoms with van der Waals surface area (Å²) in [6, 6.07) is 18.8. The van der Waals surface area contributed by atoms with Gasteiger partial charge in [0.1, 0.15) is 18.2 Å². The van der Waals surface area contributed by atoms with Crippen molar-refractivity contribution in [2.45, 2.75) is 56.5 Å². The fraction of sp³-hybridized carbons (Fsp3) is 0.483. The molecule has 2 atom stereocenters. The van der Waals surface area contributed by atoms with Crippen LogP contribution in [0.3, 0.4) is 0 Å². The molecule has 8 heteroatoms. The molecule has 3 saturated heterocycles. The van der Waals surface area contributed by atoms with Gasteiger partial charge >= 0.3 is 5.97 Å². The highest BCUT2D eigenvalue weighted by Gasteiger charge is 2.56. The smallest absolute Gasteiger partial charge is 0.308 e. The highest BCUT2D eigenvalue weighted by atomic mass is 16.5. The first-order valence-corrected chi connectivity index (χ1v) is 13.2. The van der Waals surface area contributed by atoms with Crippen LogP contribution in [0.15, 0.2) is 60.7 Å². The van der Waals surface area contributed by atoms with Crippen LogP contribution in [-0.4, -0.2) is 83.3 Å². The fourth-order valence-electron chi connectivity index (χ4n) is 5.94. The normalized spacial score (nSPS) is 24.3. The lowest BCUT2D eigenvalue weighted by Gasteiger charge is -2.53. The van der Waals surface area contributed by atoms with Crippen molar-refractivity contribution in [2.24, 2.45) is 0 Å². The van der Waals surface area contributed by atoms with Gasteiger partial charge in [0.05, 0.1) is 6.42 Å². The Kier molecular flexibility index (Phi) is 7.58. The number of piperazine rings is 1. The number of hydrogen-bond acceptors (Lipinski definition) is 6. The van der Waals surface area contributed by atoms with E-state index in [9.17, 15) is 14.4 Å². The van der Waals surface area contributed by atoms with Gasteiger partial charge in [0, 0.05) is 38.8 Å². The van der Waals surface area contributed by atoms with Crippen molar-refractivity contribution >= 4 is 17.8 Å². The molecule has 3 fully saturated rings. The third-order valence-electron chi connectivity index (χ3n) is 8.01. The van der Waals surface area contributed by atoms with E-state index in [1.807, 2.05) is 60.5 Å². The van der Waals surface area contributed by atoms with Crippen molar-refractivity contribution in [3.8, 4) is 0 Å². The van der Waals surface area contributed by atoms with Gasteiger partial charge < -0.3 is 19.9 Å². The first kappa shape index (κ1) is 25.4. The molecule has 5 rings (SSSR count). The first-order chi connectivity index (χ1) is 17.9. The number of esters is 1. The molecule has 0 radical (unpaired) electrons. The number of piperidine rings is 1. The predicted octanol–water partition coefficient (Wildman–Crippen LogP) is 2.19. The van der Waals surface area contributed by atoms with Gasteiger partial charge in [-0.25, -0.2) is 0 Å². The van der Waals surface area contributed by atoms with E-state index in [1.54, 1.807) is 0 Å². The van der Waals surface area contributed by atoms with E-state index in [0.29, 0.717) is 12.8 Å². The van der Waals surface area contributed by atoms with E-state index >= 15 is 0 Å². The molecule has 2 aromatic carbocycles. The molecule has 0 bridgehead atoms. The summed E-state index contributed by atoms with van der Waals surface area (Å²) in [4.78, 5) is 46.7. The zero-order chi connectivity index (χ0) is 25.8. The molecule has 0 aromatic heterocycles. The number of nitrogens with zero attached hydrogens (tertiary/aromatic N) is 3. The monoisotopic (exact) mass is 504 g/mol. The lowest BCUT2D eigenvalue weighted by molar-refractivity contribution is -0.167. The molecule has 8 nitrogen and oxygen atoms in total. The Hall–Kier alpha value is -3.23. The Morgan fingerprint density at radius 1 is 0.973 bits per heavy atom. The summed E-state index contributed by atoms with van der Waals surface area (Å²) in [7, 11) is 2.04. The van der Waals surface area contributed by atoms with E-state index in [2.05, 4.69) is 27.2 Å². The largest absolute Gasteiger partial charge is 0.461 e. The van der Waals surface area contributed by atoms with Crippen LogP contribution < -0.4 is 5.32 Å². The van der Waals surface area contributed by atoms with Crippen molar-refractivity contribution in [1.29, 1.82) is 0 Å². The second kappa shape index (κ2) is 11.0. The maximum atomic E-state index is 14.0. The van der Waals surface area contributed by atoms with Crippen LogP contribution in [0.2, 0.25) is 0 Å². The molecule has 3 aliphatic rings. The van der Waals surface area contributed by atoms with Crippen LogP contribution >= 0.6 is 0 Å². The number of nitrogens with one attached hydrogen (secondary N) is 1. The van der Waals surface area contributed by atoms with Crippen molar-refractivity contribution in [2.75, 3.05) is 33.2 Å². The third kappa shape index (κ3) is 5.55. The van der Waals surface area contributed by atoms with Crippen LogP contribution in [0.4, 0.5) is 0 Å². The SMILES string of the molecule is CN1CCC2(CC1)C(=O)NC(CC(=O)OCc1ccccc1)C(=O)N2C1CCN(Cc2ccccc2)C1. The lowest BCUT2D eigenvalue weighted by Crippen LogP contribution is -2.75.